The summed E-state index contributed by atoms with van der Waals surface area (Å²) >= 11 is 0. The minimum atomic E-state index is 0.441. The number of rotatable bonds is 3. The average Bonchev–Trinajstić information content (AvgIpc) is 2.31. The van der Waals surface area contributed by atoms with E-state index in [4.69, 9.17) is 0 Å². The van der Waals surface area contributed by atoms with Crippen LogP contribution in [0, 0.1) is 11.3 Å². The van der Waals surface area contributed by atoms with Crippen LogP contribution in [0.25, 0.3) is 0 Å². The minimum absolute atomic E-state index is 0.441. The van der Waals surface area contributed by atoms with Crippen molar-refractivity contribution in [2.45, 2.75) is 20.3 Å². The fourth-order valence-electron chi connectivity index (χ4n) is 1.56. The first-order valence-corrected chi connectivity index (χ1v) is 3.94. The monoisotopic (exact) mass is 139 g/mol. The molecule has 0 aromatic heterocycles. The molecule has 0 heterocycles. The molecule has 58 valence electrons. The van der Waals surface area contributed by atoms with Crippen molar-refractivity contribution in [2.24, 2.45) is 11.3 Å². The molecule has 0 aliphatic heterocycles. The Bertz CT molecular complexity index is 147. The van der Waals surface area contributed by atoms with Crippen molar-refractivity contribution in [1.29, 1.82) is 0 Å². The number of hydrogen-bond acceptors (Lipinski definition) is 1. The maximum absolute atomic E-state index is 4.03. The largest absolute Gasteiger partial charge is 0.320 e. The summed E-state index contributed by atoms with van der Waals surface area (Å²) in [5.41, 5.74) is 1.87. The lowest BCUT2D eigenvalue weighted by molar-refractivity contribution is 0.524. The van der Waals surface area contributed by atoms with Gasteiger partial charge in [-0.2, -0.15) is 0 Å². The molecule has 1 heteroatoms. The zero-order chi connectivity index (χ0) is 7.78. The second-order valence-corrected chi connectivity index (χ2v) is 3.69. The van der Waals surface area contributed by atoms with Gasteiger partial charge in [0.1, 0.15) is 0 Å². The van der Waals surface area contributed by atoms with Crippen LogP contribution in [-0.2, 0) is 0 Å². The lowest BCUT2D eigenvalue weighted by atomic mass is 10.1. The Hall–Kier alpha value is -0.300. The number of hydrogen-bond donors (Lipinski definition) is 1. The topological polar surface area (TPSA) is 12.0 Å². The molecule has 0 aromatic rings. The summed E-state index contributed by atoms with van der Waals surface area (Å²) in [4.78, 5) is 0. The van der Waals surface area contributed by atoms with Crippen molar-refractivity contribution in [3.63, 3.8) is 0 Å². The summed E-state index contributed by atoms with van der Waals surface area (Å²) in [7, 11) is 2.00. The molecule has 0 spiro atoms. The van der Waals surface area contributed by atoms with Crippen LogP contribution in [0.5, 0.6) is 0 Å². The maximum atomic E-state index is 4.03. The second kappa shape index (κ2) is 2.39. The van der Waals surface area contributed by atoms with E-state index < -0.39 is 0 Å². The van der Waals surface area contributed by atoms with E-state index in [1.54, 1.807) is 0 Å². The first-order valence-electron chi connectivity index (χ1n) is 3.94. The normalized spacial score (nSPS) is 28.7. The molecular formula is C9H17N. The van der Waals surface area contributed by atoms with Crippen LogP contribution in [0.1, 0.15) is 20.3 Å². The highest BCUT2D eigenvalue weighted by atomic mass is 14.8. The molecule has 1 unspecified atom stereocenters. The average molecular weight is 139 g/mol. The molecule has 0 aromatic carbocycles. The standard InChI is InChI=1S/C9H17N/c1-7-8(5-6-10-4)9(7,2)3/h8,10H,1,5-6H2,2-4H3. The molecule has 0 bridgehead atoms. The van der Waals surface area contributed by atoms with Gasteiger partial charge in [-0.3, -0.25) is 0 Å². The van der Waals surface area contributed by atoms with Gasteiger partial charge in [0.25, 0.3) is 0 Å². The van der Waals surface area contributed by atoms with Gasteiger partial charge < -0.3 is 5.32 Å². The highest BCUT2D eigenvalue weighted by Crippen LogP contribution is 2.58. The van der Waals surface area contributed by atoms with E-state index in [1.807, 2.05) is 7.05 Å². The number of allylic oxidation sites excluding steroid dienone is 1. The second-order valence-electron chi connectivity index (χ2n) is 3.69. The molecule has 1 N–H and O–H groups in total. The Morgan fingerprint density at radius 3 is 2.40 bits per heavy atom. The molecule has 0 amide bonds. The lowest BCUT2D eigenvalue weighted by Gasteiger charge is -1.99. The van der Waals surface area contributed by atoms with Gasteiger partial charge in [0.2, 0.25) is 0 Å². The van der Waals surface area contributed by atoms with Crippen molar-refractivity contribution in [3.8, 4) is 0 Å². The van der Waals surface area contributed by atoms with E-state index in [9.17, 15) is 0 Å². The van der Waals surface area contributed by atoms with E-state index in [0.717, 1.165) is 12.5 Å². The lowest BCUT2D eigenvalue weighted by Crippen LogP contribution is -2.09. The zero-order valence-electron chi connectivity index (χ0n) is 7.20. The number of nitrogens with one attached hydrogen (secondary N) is 1. The third kappa shape index (κ3) is 1.10. The van der Waals surface area contributed by atoms with Gasteiger partial charge in [0.05, 0.1) is 0 Å². The fraction of sp³-hybridized carbons (Fsp3) is 0.778. The van der Waals surface area contributed by atoms with Crippen LogP contribution in [0.4, 0.5) is 0 Å². The Kier molecular flexibility index (Phi) is 1.86. The quantitative estimate of drug-likeness (QED) is 0.588. The summed E-state index contributed by atoms with van der Waals surface area (Å²) < 4.78 is 0. The summed E-state index contributed by atoms with van der Waals surface area (Å²) in [6, 6.07) is 0. The third-order valence-corrected chi connectivity index (χ3v) is 2.72. The Morgan fingerprint density at radius 2 is 2.10 bits per heavy atom. The molecule has 1 aliphatic rings. The van der Waals surface area contributed by atoms with Gasteiger partial charge in [-0.05, 0) is 31.3 Å². The van der Waals surface area contributed by atoms with Crippen molar-refractivity contribution in [2.75, 3.05) is 13.6 Å². The predicted molar refractivity (Wildman–Crippen MR) is 45.0 cm³/mol. The summed E-state index contributed by atoms with van der Waals surface area (Å²) in [6.07, 6.45) is 1.25. The third-order valence-electron chi connectivity index (χ3n) is 2.72. The molecule has 10 heavy (non-hydrogen) atoms. The first kappa shape index (κ1) is 7.80. The van der Waals surface area contributed by atoms with E-state index in [2.05, 4.69) is 25.7 Å². The smallest absolute Gasteiger partial charge is 0.00459 e. The molecule has 0 radical (unpaired) electrons. The van der Waals surface area contributed by atoms with Gasteiger partial charge in [-0.15, -0.1) is 0 Å². The van der Waals surface area contributed by atoms with Gasteiger partial charge in [-0.25, -0.2) is 0 Å². The van der Waals surface area contributed by atoms with Crippen molar-refractivity contribution in [1.82, 2.24) is 5.32 Å². The molecule has 1 atom stereocenters. The van der Waals surface area contributed by atoms with Crippen molar-refractivity contribution < 1.29 is 0 Å². The molecule has 1 fully saturated rings. The molecule has 1 aliphatic carbocycles. The first-order chi connectivity index (χ1) is 4.60. The van der Waals surface area contributed by atoms with Gasteiger partial charge in [-0.1, -0.05) is 26.0 Å². The van der Waals surface area contributed by atoms with Crippen molar-refractivity contribution >= 4 is 0 Å². The highest BCUT2D eigenvalue weighted by molar-refractivity contribution is 5.32. The predicted octanol–water partition coefficient (Wildman–Crippen LogP) is 1.81. The van der Waals surface area contributed by atoms with E-state index >= 15 is 0 Å². The van der Waals surface area contributed by atoms with Crippen LogP contribution >= 0.6 is 0 Å². The highest BCUT2D eigenvalue weighted by Gasteiger charge is 2.49. The van der Waals surface area contributed by atoms with Crippen LogP contribution in [-0.4, -0.2) is 13.6 Å². The van der Waals surface area contributed by atoms with Crippen LogP contribution < -0.4 is 5.32 Å². The van der Waals surface area contributed by atoms with Crippen LogP contribution in [0.15, 0.2) is 12.2 Å². The van der Waals surface area contributed by atoms with E-state index in [-0.39, 0.29) is 0 Å². The zero-order valence-corrected chi connectivity index (χ0v) is 7.20. The van der Waals surface area contributed by atoms with Gasteiger partial charge in [0.15, 0.2) is 0 Å². The van der Waals surface area contributed by atoms with Crippen LogP contribution in [0.3, 0.4) is 0 Å². The maximum Gasteiger partial charge on any atom is -0.00459 e. The van der Waals surface area contributed by atoms with Crippen molar-refractivity contribution in [3.05, 3.63) is 12.2 Å². The Morgan fingerprint density at radius 1 is 1.60 bits per heavy atom. The van der Waals surface area contributed by atoms with Gasteiger partial charge in [0, 0.05) is 0 Å². The summed E-state index contributed by atoms with van der Waals surface area (Å²) in [5.74, 6) is 0.778. The molecule has 1 saturated carbocycles. The Balaban J connectivity index is 2.28. The van der Waals surface area contributed by atoms with E-state index in [0.29, 0.717) is 5.41 Å². The van der Waals surface area contributed by atoms with Crippen LogP contribution in [0.2, 0.25) is 0 Å². The molecule has 1 nitrogen and oxygen atoms in total. The summed E-state index contributed by atoms with van der Waals surface area (Å²) in [5, 5.41) is 3.16. The molecule has 1 rings (SSSR count). The van der Waals surface area contributed by atoms with Gasteiger partial charge >= 0.3 is 0 Å². The molecular weight excluding hydrogens is 122 g/mol. The summed E-state index contributed by atoms with van der Waals surface area (Å²) in [6.45, 7) is 9.69. The Labute approximate surface area is 63.5 Å². The molecule has 0 saturated heterocycles. The minimum Gasteiger partial charge on any atom is -0.320 e. The van der Waals surface area contributed by atoms with E-state index in [1.165, 1.54) is 12.0 Å². The fourth-order valence-corrected chi connectivity index (χ4v) is 1.56. The SMILES string of the molecule is C=C1C(CCNC)C1(C)C.